The number of pyridine rings is 2. The minimum atomic E-state index is 0.129. The second-order valence-corrected chi connectivity index (χ2v) is 14.6. The number of nitrogens with zero attached hydrogens (tertiary/aromatic N) is 5. The summed E-state index contributed by atoms with van der Waals surface area (Å²) in [5, 5.41) is 7.32. The van der Waals surface area contributed by atoms with E-state index in [0.29, 0.717) is 0 Å². The summed E-state index contributed by atoms with van der Waals surface area (Å²) in [6, 6.07) is 56.8. The van der Waals surface area contributed by atoms with Crippen molar-refractivity contribution in [3.05, 3.63) is 193 Å². The van der Waals surface area contributed by atoms with Gasteiger partial charge in [-0.3, -0.25) is 4.40 Å². The third-order valence-electron chi connectivity index (χ3n) is 11.6. The van der Waals surface area contributed by atoms with Crippen molar-refractivity contribution in [1.82, 2.24) is 23.5 Å². The molecule has 0 bridgehead atoms. The first-order valence-corrected chi connectivity index (χ1v) is 18.9. The Morgan fingerprint density at radius 1 is 0.491 bits per heavy atom. The van der Waals surface area contributed by atoms with Crippen LogP contribution in [-0.4, -0.2) is 23.5 Å². The predicted octanol–water partition coefficient (Wildman–Crippen LogP) is 12.4. The van der Waals surface area contributed by atoms with Gasteiger partial charge in [0.1, 0.15) is 11.2 Å². The monoisotopic (exact) mass is 703 g/mol. The number of imidazole rings is 1. The van der Waals surface area contributed by atoms with Crippen LogP contribution in [0.5, 0.6) is 0 Å². The van der Waals surface area contributed by atoms with E-state index >= 15 is 0 Å². The zero-order valence-electron chi connectivity index (χ0n) is 29.8. The maximum absolute atomic E-state index is 5.34. The van der Waals surface area contributed by atoms with E-state index in [2.05, 4.69) is 177 Å². The van der Waals surface area contributed by atoms with Crippen molar-refractivity contribution in [3.8, 4) is 11.4 Å². The SMILES string of the molecule is C1=CC(c2nc3c(nc4ccccn43)c3ccccc23)CC=C1c1cc(-n2c3ccccc3c3ccccc32)cc(-n2c3ccccc3c3ccccc32)c1. The average Bonchev–Trinajstić information content (AvgIpc) is 3.91. The van der Waals surface area contributed by atoms with Crippen LogP contribution >= 0.6 is 0 Å². The minimum Gasteiger partial charge on any atom is -0.309 e. The number of hydrogen-bond acceptors (Lipinski definition) is 2. The lowest BCUT2D eigenvalue weighted by Crippen LogP contribution is -2.05. The van der Waals surface area contributed by atoms with Crippen LogP contribution in [0.1, 0.15) is 23.6 Å². The van der Waals surface area contributed by atoms with Crippen LogP contribution in [0.15, 0.2) is 182 Å². The molecule has 0 saturated heterocycles. The van der Waals surface area contributed by atoms with Crippen molar-refractivity contribution in [2.45, 2.75) is 12.3 Å². The van der Waals surface area contributed by atoms with E-state index in [9.17, 15) is 0 Å². The van der Waals surface area contributed by atoms with Gasteiger partial charge in [0.25, 0.3) is 0 Å². The Balaban J connectivity index is 1.05. The summed E-state index contributed by atoms with van der Waals surface area (Å²) in [5.41, 5.74) is 13.3. The molecule has 5 nitrogen and oxygen atoms in total. The van der Waals surface area contributed by atoms with Crippen LogP contribution in [0.25, 0.3) is 88.1 Å². The fourth-order valence-electron chi connectivity index (χ4n) is 9.10. The fraction of sp³-hybridized carbons (Fsp3) is 0.0400. The highest BCUT2D eigenvalue weighted by atomic mass is 15.1. The van der Waals surface area contributed by atoms with Gasteiger partial charge in [-0.05, 0) is 72.2 Å². The van der Waals surface area contributed by atoms with Crippen LogP contribution in [0, 0.1) is 0 Å². The molecule has 11 aromatic rings. The molecule has 0 radical (unpaired) electrons. The van der Waals surface area contributed by atoms with E-state index in [0.717, 1.165) is 51.1 Å². The van der Waals surface area contributed by atoms with E-state index < -0.39 is 0 Å². The molecule has 0 spiro atoms. The molecule has 0 saturated carbocycles. The van der Waals surface area contributed by atoms with Gasteiger partial charge in [0.2, 0.25) is 0 Å². The summed E-state index contributed by atoms with van der Waals surface area (Å²) in [5.74, 6) is 0.129. The number of benzene rings is 6. The van der Waals surface area contributed by atoms with E-state index in [1.165, 1.54) is 54.7 Å². The van der Waals surface area contributed by atoms with Gasteiger partial charge in [0, 0.05) is 55.8 Å². The molecule has 5 heteroatoms. The smallest absolute Gasteiger partial charge is 0.165 e. The van der Waals surface area contributed by atoms with E-state index in [1.807, 2.05) is 18.2 Å². The first kappa shape index (κ1) is 30.2. The highest BCUT2D eigenvalue weighted by Crippen LogP contribution is 2.40. The molecule has 5 aromatic heterocycles. The third-order valence-corrected chi connectivity index (χ3v) is 11.6. The number of aromatic nitrogens is 5. The molecule has 0 aliphatic heterocycles. The van der Waals surface area contributed by atoms with E-state index in [4.69, 9.17) is 9.97 Å². The second-order valence-electron chi connectivity index (χ2n) is 14.6. The third kappa shape index (κ3) is 4.47. The average molecular weight is 704 g/mol. The molecule has 1 aliphatic rings. The molecule has 1 atom stereocenters. The maximum atomic E-state index is 5.34. The number of hydrogen-bond donors (Lipinski definition) is 0. The zero-order valence-corrected chi connectivity index (χ0v) is 29.8. The summed E-state index contributed by atoms with van der Waals surface area (Å²) in [4.78, 5) is 10.3. The van der Waals surface area contributed by atoms with Crippen molar-refractivity contribution >= 4 is 76.8 Å². The molecule has 258 valence electrons. The summed E-state index contributed by atoms with van der Waals surface area (Å²) < 4.78 is 6.97. The largest absolute Gasteiger partial charge is 0.309 e. The Bertz CT molecular complexity index is 3190. The van der Waals surface area contributed by atoms with E-state index in [-0.39, 0.29) is 5.92 Å². The van der Waals surface area contributed by atoms with Crippen LogP contribution < -0.4 is 0 Å². The van der Waals surface area contributed by atoms with Crippen LogP contribution in [0.2, 0.25) is 0 Å². The van der Waals surface area contributed by atoms with Gasteiger partial charge in [-0.1, -0.05) is 121 Å². The maximum Gasteiger partial charge on any atom is 0.165 e. The lowest BCUT2D eigenvalue weighted by Gasteiger charge is -2.20. The predicted molar refractivity (Wildman–Crippen MR) is 228 cm³/mol. The summed E-state index contributed by atoms with van der Waals surface area (Å²) in [6.07, 6.45) is 9.97. The standard InChI is InChI=1S/C50H33N5/c1-2-18-42-41(17-1)48(52-50-49(42)51-47-23-11-12-28-53(47)50)33-26-24-32(25-27-33)34-29-35(54-43-19-7-3-13-37(43)38-14-4-8-20-44(38)54)31-36(30-34)55-45-21-9-5-15-39(45)40-16-6-10-22-46(40)55/h1-26,28-31,33H,27H2. The normalized spacial score (nSPS) is 14.7. The highest BCUT2D eigenvalue weighted by Gasteiger charge is 2.22. The topological polar surface area (TPSA) is 40.1 Å². The van der Waals surface area contributed by atoms with Gasteiger partial charge in [-0.15, -0.1) is 0 Å². The summed E-state index contributed by atoms with van der Waals surface area (Å²) >= 11 is 0. The summed E-state index contributed by atoms with van der Waals surface area (Å²) in [7, 11) is 0. The first-order chi connectivity index (χ1) is 27.3. The highest BCUT2D eigenvalue weighted by molar-refractivity contribution is 6.11. The molecule has 12 rings (SSSR count). The number of rotatable bonds is 4. The summed E-state index contributed by atoms with van der Waals surface area (Å²) in [6.45, 7) is 0. The van der Waals surface area contributed by atoms with Crippen LogP contribution in [-0.2, 0) is 0 Å². The Morgan fingerprint density at radius 2 is 1.00 bits per heavy atom. The molecule has 1 unspecified atom stereocenters. The van der Waals surface area contributed by atoms with Gasteiger partial charge < -0.3 is 9.13 Å². The number of fused-ring (bicyclic) bond motifs is 11. The molecule has 0 amide bonds. The molecule has 55 heavy (non-hydrogen) atoms. The van der Waals surface area contributed by atoms with Crippen molar-refractivity contribution in [3.63, 3.8) is 0 Å². The number of allylic oxidation sites excluding steroid dienone is 4. The first-order valence-electron chi connectivity index (χ1n) is 18.9. The van der Waals surface area contributed by atoms with Gasteiger partial charge in [-0.25, -0.2) is 9.97 Å². The molecular formula is C50H33N5. The van der Waals surface area contributed by atoms with Crippen molar-refractivity contribution in [2.75, 3.05) is 0 Å². The van der Waals surface area contributed by atoms with Gasteiger partial charge in [0.05, 0.1) is 27.8 Å². The van der Waals surface area contributed by atoms with Crippen LogP contribution in [0.3, 0.4) is 0 Å². The van der Waals surface area contributed by atoms with Gasteiger partial charge in [-0.2, -0.15) is 0 Å². The second kappa shape index (κ2) is 11.6. The van der Waals surface area contributed by atoms with Crippen molar-refractivity contribution < 1.29 is 0 Å². The Labute approximate surface area is 316 Å². The molecule has 0 fully saturated rings. The van der Waals surface area contributed by atoms with Gasteiger partial charge >= 0.3 is 0 Å². The molecular weight excluding hydrogens is 671 g/mol. The Hall–Kier alpha value is -7.24. The lowest BCUT2D eigenvalue weighted by molar-refractivity contribution is 0.831. The Morgan fingerprint density at radius 3 is 1.55 bits per heavy atom. The Kier molecular flexibility index (Phi) is 6.39. The molecule has 6 aromatic carbocycles. The van der Waals surface area contributed by atoms with Crippen molar-refractivity contribution in [1.29, 1.82) is 0 Å². The van der Waals surface area contributed by atoms with E-state index in [1.54, 1.807) is 0 Å². The molecule has 0 N–H and O–H groups in total. The molecule has 1 aliphatic carbocycles. The van der Waals surface area contributed by atoms with Crippen LogP contribution in [0.4, 0.5) is 0 Å². The minimum absolute atomic E-state index is 0.129. The fourth-order valence-corrected chi connectivity index (χ4v) is 9.10. The molecule has 5 heterocycles. The quantitative estimate of drug-likeness (QED) is 0.183. The number of para-hydroxylation sites is 4. The van der Waals surface area contributed by atoms with Gasteiger partial charge in [0.15, 0.2) is 5.65 Å². The lowest BCUT2D eigenvalue weighted by atomic mass is 9.88. The zero-order chi connectivity index (χ0) is 36.0. The van der Waals surface area contributed by atoms with Crippen molar-refractivity contribution in [2.24, 2.45) is 0 Å².